The molecule has 2 atom stereocenters. The Labute approximate surface area is 176 Å². The van der Waals surface area contributed by atoms with E-state index in [-0.39, 0.29) is 25.5 Å². The van der Waals surface area contributed by atoms with Crippen LogP contribution in [-0.2, 0) is 14.3 Å². The van der Waals surface area contributed by atoms with Crippen molar-refractivity contribution in [3.8, 4) is 11.1 Å². The molecule has 2 aromatic carbocycles. The van der Waals surface area contributed by atoms with Crippen molar-refractivity contribution in [1.29, 1.82) is 0 Å². The molecule has 0 aromatic heterocycles. The van der Waals surface area contributed by atoms with E-state index in [0.717, 1.165) is 22.3 Å². The second-order valence-corrected chi connectivity index (χ2v) is 8.90. The van der Waals surface area contributed by atoms with E-state index < -0.39 is 29.8 Å². The monoisotopic (exact) mass is 409 g/mol. The molecule has 0 bridgehead atoms. The van der Waals surface area contributed by atoms with Crippen LogP contribution in [0.15, 0.2) is 48.5 Å². The van der Waals surface area contributed by atoms with Gasteiger partial charge in [-0.25, -0.2) is 9.59 Å². The number of aliphatic hydroxyl groups excluding tert-OH is 1. The van der Waals surface area contributed by atoms with Gasteiger partial charge in [0.1, 0.15) is 18.2 Å². The Morgan fingerprint density at radius 1 is 1.03 bits per heavy atom. The van der Waals surface area contributed by atoms with E-state index >= 15 is 0 Å². The maximum atomic E-state index is 12.9. The van der Waals surface area contributed by atoms with Gasteiger partial charge in [0.15, 0.2) is 0 Å². The molecule has 1 amide bonds. The van der Waals surface area contributed by atoms with Crippen LogP contribution in [0.2, 0.25) is 0 Å². The van der Waals surface area contributed by atoms with Gasteiger partial charge in [-0.3, -0.25) is 4.90 Å². The molecule has 4 rings (SSSR count). The second-order valence-electron chi connectivity index (χ2n) is 8.90. The smallest absolute Gasteiger partial charge is 0.411 e. The summed E-state index contributed by atoms with van der Waals surface area (Å²) in [4.78, 5) is 26.6. The first-order chi connectivity index (χ1) is 14.2. The topological polar surface area (TPSA) is 76.1 Å². The summed E-state index contributed by atoms with van der Waals surface area (Å²) in [6.45, 7) is 5.53. The van der Waals surface area contributed by atoms with Gasteiger partial charge in [-0.15, -0.1) is 0 Å². The number of carbonyl (C=O) groups is 2. The molecule has 2 aromatic rings. The molecule has 0 spiro atoms. The van der Waals surface area contributed by atoms with Crippen molar-refractivity contribution in [3.63, 3.8) is 0 Å². The first-order valence-electron chi connectivity index (χ1n) is 10.3. The molecule has 1 aliphatic carbocycles. The number of hydrogen-bond donors (Lipinski definition) is 1. The SMILES string of the molecule is CC(C)(C)OC(=O)N1C[C@H](O)C[C@H]1C(=O)OCC1c2ccccc2-c2ccccc21. The number of amides is 1. The average molecular weight is 409 g/mol. The van der Waals surface area contributed by atoms with E-state index in [2.05, 4.69) is 24.3 Å². The molecule has 1 fully saturated rings. The average Bonchev–Trinajstić information content (AvgIpc) is 3.23. The number of benzene rings is 2. The lowest BCUT2D eigenvalue weighted by atomic mass is 9.98. The predicted molar refractivity (Wildman–Crippen MR) is 112 cm³/mol. The zero-order chi connectivity index (χ0) is 21.5. The van der Waals surface area contributed by atoms with Gasteiger partial charge in [-0.05, 0) is 43.0 Å². The molecule has 2 aliphatic rings. The minimum atomic E-state index is -0.846. The molecule has 1 heterocycles. The summed E-state index contributed by atoms with van der Waals surface area (Å²) in [5.74, 6) is -0.568. The first kappa shape index (κ1) is 20.4. The molecule has 1 saturated heterocycles. The highest BCUT2D eigenvalue weighted by molar-refractivity contribution is 5.83. The molecule has 0 saturated carbocycles. The molecule has 0 unspecified atom stereocenters. The molecule has 1 aliphatic heterocycles. The Hall–Kier alpha value is -2.86. The molecule has 1 N–H and O–H groups in total. The van der Waals surface area contributed by atoms with Crippen LogP contribution in [0.25, 0.3) is 11.1 Å². The van der Waals surface area contributed by atoms with Crippen molar-refractivity contribution in [2.24, 2.45) is 0 Å². The van der Waals surface area contributed by atoms with Crippen molar-refractivity contribution >= 4 is 12.1 Å². The van der Waals surface area contributed by atoms with Gasteiger partial charge in [-0.1, -0.05) is 48.5 Å². The summed E-state index contributed by atoms with van der Waals surface area (Å²) in [5, 5.41) is 10.0. The summed E-state index contributed by atoms with van der Waals surface area (Å²) in [6.07, 6.45) is -1.24. The molecule has 158 valence electrons. The van der Waals surface area contributed by atoms with Crippen LogP contribution in [0.1, 0.15) is 44.2 Å². The minimum Gasteiger partial charge on any atom is -0.463 e. The number of fused-ring (bicyclic) bond motifs is 3. The Kier molecular flexibility index (Phi) is 5.28. The lowest BCUT2D eigenvalue weighted by Crippen LogP contribution is -2.44. The minimum absolute atomic E-state index is 0.0531. The Morgan fingerprint density at radius 2 is 1.60 bits per heavy atom. The van der Waals surface area contributed by atoms with Crippen molar-refractivity contribution in [3.05, 3.63) is 59.7 Å². The summed E-state index contributed by atoms with van der Waals surface area (Å²) < 4.78 is 11.1. The quantitative estimate of drug-likeness (QED) is 0.782. The van der Waals surface area contributed by atoms with Crippen LogP contribution in [0.5, 0.6) is 0 Å². The number of aliphatic hydroxyl groups is 1. The number of ether oxygens (including phenoxy) is 2. The maximum Gasteiger partial charge on any atom is 0.411 e. The maximum absolute atomic E-state index is 12.9. The van der Waals surface area contributed by atoms with Crippen molar-refractivity contribution in [2.45, 2.75) is 50.9 Å². The third-order valence-corrected chi connectivity index (χ3v) is 5.53. The Bertz CT molecular complexity index is 919. The second kappa shape index (κ2) is 7.76. The molecular formula is C24H27NO5. The summed E-state index contributed by atoms with van der Waals surface area (Å²) in [5.41, 5.74) is 3.88. The fourth-order valence-electron chi connectivity index (χ4n) is 4.26. The van der Waals surface area contributed by atoms with E-state index in [1.807, 2.05) is 24.3 Å². The highest BCUT2D eigenvalue weighted by atomic mass is 16.6. The number of hydrogen-bond acceptors (Lipinski definition) is 5. The molecule has 6 nitrogen and oxygen atoms in total. The van der Waals surface area contributed by atoms with Crippen LogP contribution in [0, 0.1) is 0 Å². The fraction of sp³-hybridized carbons (Fsp3) is 0.417. The largest absolute Gasteiger partial charge is 0.463 e. The van der Waals surface area contributed by atoms with Crippen molar-refractivity contribution in [2.75, 3.05) is 13.2 Å². The van der Waals surface area contributed by atoms with Crippen LogP contribution in [0.4, 0.5) is 4.79 Å². The third kappa shape index (κ3) is 3.92. The Morgan fingerprint density at radius 3 is 2.17 bits per heavy atom. The van der Waals surface area contributed by atoms with Gasteiger partial charge in [-0.2, -0.15) is 0 Å². The summed E-state index contributed by atoms with van der Waals surface area (Å²) in [6, 6.07) is 15.4. The van der Waals surface area contributed by atoms with Crippen LogP contribution in [-0.4, -0.2) is 53.0 Å². The van der Waals surface area contributed by atoms with E-state index in [4.69, 9.17) is 9.47 Å². The first-order valence-corrected chi connectivity index (χ1v) is 10.3. The van der Waals surface area contributed by atoms with Crippen molar-refractivity contribution < 1.29 is 24.2 Å². The van der Waals surface area contributed by atoms with Gasteiger partial charge in [0.05, 0.1) is 12.6 Å². The van der Waals surface area contributed by atoms with E-state index in [9.17, 15) is 14.7 Å². The summed E-state index contributed by atoms with van der Waals surface area (Å²) >= 11 is 0. The van der Waals surface area contributed by atoms with Gasteiger partial charge < -0.3 is 14.6 Å². The van der Waals surface area contributed by atoms with Crippen LogP contribution in [0.3, 0.4) is 0 Å². The predicted octanol–water partition coefficient (Wildman–Crippen LogP) is 3.71. The third-order valence-electron chi connectivity index (χ3n) is 5.53. The van der Waals surface area contributed by atoms with Gasteiger partial charge in [0.2, 0.25) is 0 Å². The lowest BCUT2D eigenvalue weighted by Gasteiger charge is -2.27. The molecule has 6 heteroatoms. The highest BCUT2D eigenvalue weighted by Gasteiger charge is 2.42. The fourth-order valence-corrected chi connectivity index (χ4v) is 4.26. The van der Waals surface area contributed by atoms with Crippen LogP contribution >= 0.6 is 0 Å². The zero-order valence-corrected chi connectivity index (χ0v) is 17.5. The molecular weight excluding hydrogens is 382 g/mol. The van der Waals surface area contributed by atoms with Gasteiger partial charge in [0.25, 0.3) is 0 Å². The number of likely N-dealkylation sites (tertiary alicyclic amines) is 1. The van der Waals surface area contributed by atoms with E-state index in [1.165, 1.54) is 4.90 Å². The Balaban J connectivity index is 1.49. The molecule has 30 heavy (non-hydrogen) atoms. The highest BCUT2D eigenvalue weighted by Crippen LogP contribution is 2.44. The standard InChI is InChI=1S/C24H27NO5/c1-24(2,3)30-23(28)25-13-15(26)12-21(25)22(27)29-14-20-18-10-6-4-8-16(18)17-9-5-7-11-19(17)20/h4-11,15,20-21,26H,12-14H2,1-3H3/t15-,21+/m1/s1. The number of esters is 1. The number of β-amino-alcohol motifs (C(OH)–C–C–N with tert-alkyl or cyclic N) is 1. The number of rotatable bonds is 3. The van der Waals surface area contributed by atoms with E-state index in [1.54, 1.807) is 20.8 Å². The summed E-state index contributed by atoms with van der Waals surface area (Å²) in [7, 11) is 0. The molecule has 0 radical (unpaired) electrons. The van der Waals surface area contributed by atoms with Gasteiger partial charge >= 0.3 is 12.1 Å². The van der Waals surface area contributed by atoms with Crippen LogP contribution < -0.4 is 0 Å². The van der Waals surface area contributed by atoms with Gasteiger partial charge in [0, 0.05) is 12.3 Å². The normalized spacial score (nSPS) is 20.6. The lowest BCUT2D eigenvalue weighted by molar-refractivity contribution is -0.149. The van der Waals surface area contributed by atoms with E-state index in [0.29, 0.717) is 0 Å². The number of carbonyl (C=O) groups excluding carboxylic acids is 2. The number of nitrogens with zero attached hydrogens (tertiary/aromatic N) is 1. The van der Waals surface area contributed by atoms with Crippen molar-refractivity contribution in [1.82, 2.24) is 4.90 Å². The zero-order valence-electron chi connectivity index (χ0n) is 17.5.